The molecule has 0 aromatic heterocycles. The fourth-order valence-electron chi connectivity index (χ4n) is 6.92. The Labute approximate surface area is 357 Å². The Hall–Kier alpha value is -5.91. The van der Waals surface area contributed by atoms with Gasteiger partial charge in [0.25, 0.3) is 0 Å². The highest BCUT2D eigenvalue weighted by molar-refractivity contribution is 6.33. The molecule has 326 valence electrons. The van der Waals surface area contributed by atoms with Gasteiger partial charge in [0.05, 0.1) is 12.5 Å². The van der Waals surface area contributed by atoms with Gasteiger partial charge >= 0.3 is 23.9 Å². The molecular formula is C49H57FO11. The molecule has 1 fully saturated rings. The number of rotatable bonds is 22. The normalized spacial score (nSPS) is 14.7. The minimum Gasteiger partial charge on any atom is -0.489 e. The average Bonchev–Trinajstić information content (AvgIpc) is 3.26. The summed E-state index contributed by atoms with van der Waals surface area (Å²) in [4.78, 5) is 73.9. The van der Waals surface area contributed by atoms with Crippen molar-refractivity contribution in [1.29, 1.82) is 0 Å². The number of ketones is 2. The summed E-state index contributed by atoms with van der Waals surface area (Å²) in [6.45, 7) is 14.2. The maximum absolute atomic E-state index is 15.8. The second-order valence-electron chi connectivity index (χ2n) is 15.6. The van der Waals surface area contributed by atoms with E-state index in [4.69, 9.17) is 23.7 Å². The molecule has 12 heteroatoms. The van der Waals surface area contributed by atoms with Gasteiger partial charge in [-0.1, -0.05) is 96.0 Å². The number of carbonyl (C=O) groups is 6. The van der Waals surface area contributed by atoms with Crippen LogP contribution in [0.5, 0.6) is 17.2 Å². The number of halogens is 1. The number of benzene rings is 3. The molecule has 0 amide bonds. The number of Topliss-reactive ketones (excluding diaryl/α,β-unsaturated/α-hetero) is 2. The van der Waals surface area contributed by atoms with Gasteiger partial charge in [-0.05, 0) is 80.2 Å². The Kier molecular flexibility index (Phi) is 18.2. The molecule has 4 rings (SSSR count). The molecule has 1 aliphatic rings. The predicted molar refractivity (Wildman–Crippen MR) is 229 cm³/mol. The molecule has 1 aliphatic carbocycles. The Morgan fingerprint density at radius 3 is 1.69 bits per heavy atom. The van der Waals surface area contributed by atoms with Crippen molar-refractivity contribution in [1.82, 2.24) is 0 Å². The summed E-state index contributed by atoms with van der Waals surface area (Å²) in [7, 11) is 0. The second-order valence-corrected chi connectivity index (χ2v) is 15.6. The quantitative estimate of drug-likeness (QED) is 0.0313. The third-order valence-electron chi connectivity index (χ3n) is 10.7. The zero-order valence-corrected chi connectivity index (χ0v) is 35.9. The SMILES string of the molecule is C=C(C)C(=O)Oc1cc(-c2ccc(-c3ccc(C4CCC(CCCCC)CC4)cc3F)cc2)c(OC(=O)C(=C)C)cc1OCC(COC(=O)C(=O)CC)COC(=O)C(=O)CC. The summed E-state index contributed by atoms with van der Waals surface area (Å²) in [5.74, 6) is -5.70. The zero-order chi connectivity index (χ0) is 44.6. The van der Waals surface area contributed by atoms with Gasteiger partial charge in [-0.2, -0.15) is 0 Å². The first kappa shape index (κ1) is 47.8. The van der Waals surface area contributed by atoms with E-state index in [1.54, 1.807) is 30.3 Å². The molecule has 0 atom stereocenters. The Morgan fingerprint density at radius 2 is 1.18 bits per heavy atom. The first-order valence-corrected chi connectivity index (χ1v) is 21.0. The number of hydrogen-bond donors (Lipinski definition) is 0. The minimum absolute atomic E-state index is 0.0158. The van der Waals surface area contributed by atoms with E-state index < -0.39 is 54.6 Å². The molecule has 0 heterocycles. The Morgan fingerprint density at radius 1 is 0.639 bits per heavy atom. The second kappa shape index (κ2) is 23.2. The van der Waals surface area contributed by atoms with Gasteiger partial charge in [-0.15, -0.1) is 0 Å². The maximum Gasteiger partial charge on any atom is 0.374 e. The molecule has 0 spiro atoms. The van der Waals surface area contributed by atoms with Crippen LogP contribution in [-0.2, 0) is 38.2 Å². The minimum atomic E-state index is -1.10. The van der Waals surface area contributed by atoms with Crippen molar-refractivity contribution in [2.45, 2.75) is 105 Å². The van der Waals surface area contributed by atoms with Crippen LogP contribution in [0, 0.1) is 17.7 Å². The molecule has 61 heavy (non-hydrogen) atoms. The largest absolute Gasteiger partial charge is 0.489 e. The van der Waals surface area contributed by atoms with Crippen molar-refractivity contribution in [3.05, 3.63) is 90.3 Å². The van der Waals surface area contributed by atoms with Crippen molar-refractivity contribution < 1.29 is 56.8 Å². The van der Waals surface area contributed by atoms with E-state index in [-0.39, 0.29) is 53.7 Å². The molecule has 0 aliphatic heterocycles. The summed E-state index contributed by atoms with van der Waals surface area (Å²) in [6.07, 6.45) is 9.30. The highest BCUT2D eigenvalue weighted by Crippen LogP contribution is 2.43. The first-order valence-electron chi connectivity index (χ1n) is 21.0. The average molecular weight is 841 g/mol. The van der Waals surface area contributed by atoms with Crippen LogP contribution in [0.3, 0.4) is 0 Å². The highest BCUT2D eigenvalue weighted by atomic mass is 19.1. The summed E-state index contributed by atoms with van der Waals surface area (Å²) >= 11 is 0. The van der Waals surface area contributed by atoms with Crippen LogP contribution in [0.15, 0.2) is 78.9 Å². The van der Waals surface area contributed by atoms with E-state index in [0.29, 0.717) is 28.2 Å². The topological polar surface area (TPSA) is 149 Å². The van der Waals surface area contributed by atoms with Crippen molar-refractivity contribution >= 4 is 35.4 Å². The molecule has 0 N–H and O–H groups in total. The van der Waals surface area contributed by atoms with Crippen LogP contribution in [0.4, 0.5) is 4.39 Å². The lowest BCUT2D eigenvalue weighted by Crippen LogP contribution is -2.29. The molecule has 3 aromatic rings. The maximum atomic E-state index is 15.8. The van der Waals surface area contributed by atoms with Gasteiger partial charge in [-0.3, -0.25) is 9.59 Å². The summed E-state index contributed by atoms with van der Waals surface area (Å²) in [5.41, 5.74) is 3.03. The number of unbranched alkanes of at least 4 members (excludes halogenated alkanes) is 2. The van der Waals surface area contributed by atoms with Crippen LogP contribution >= 0.6 is 0 Å². The van der Waals surface area contributed by atoms with Crippen molar-refractivity contribution in [3.63, 3.8) is 0 Å². The fourth-order valence-corrected chi connectivity index (χ4v) is 6.92. The lowest BCUT2D eigenvalue weighted by atomic mass is 9.77. The van der Waals surface area contributed by atoms with Crippen molar-refractivity contribution in [2.24, 2.45) is 11.8 Å². The molecule has 0 radical (unpaired) electrons. The molecule has 0 saturated heterocycles. The van der Waals surface area contributed by atoms with Crippen LogP contribution in [-0.4, -0.2) is 55.3 Å². The number of carbonyl (C=O) groups excluding carboxylic acids is 6. The van der Waals surface area contributed by atoms with Gasteiger partial charge in [0.1, 0.15) is 24.8 Å². The van der Waals surface area contributed by atoms with Gasteiger partial charge in [0.2, 0.25) is 11.6 Å². The van der Waals surface area contributed by atoms with Gasteiger partial charge < -0.3 is 23.7 Å². The van der Waals surface area contributed by atoms with Crippen LogP contribution in [0.25, 0.3) is 22.3 Å². The fraction of sp³-hybridized carbons (Fsp3) is 0.429. The van der Waals surface area contributed by atoms with Gasteiger partial charge in [0, 0.05) is 41.2 Å². The lowest BCUT2D eigenvalue weighted by Gasteiger charge is -2.29. The van der Waals surface area contributed by atoms with E-state index in [1.807, 2.05) is 12.1 Å². The number of ether oxygens (including phenoxy) is 5. The summed E-state index contributed by atoms with van der Waals surface area (Å²) in [6, 6.07) is 15.1. The predicted octanol–water partition coefficient (Wildman–Crippen LogP) is 10.0. The van der Waals surface area contributed by atoms with Crippen LogP contribution in [0.2, 0.25) is 0 Å². The van der Waals surface area contributed by atoms with Crippen molar-refractivity contribution in [2.75, 3.05) is 19.8 Å². The highest BCUT2D eigenvalue weighted by Gasteiger charge is 2.26. The number of esters is 4. The molecular weight excluding hydrogens is 784 g/mol. The van der Waals surface area contributed by atoms with E-state index >= 15 is 4.39 Å². The van der Waals surface area contributed by atoms with E-state index in [9.17, 15) is 28.8 Å². The van der Waals surface area contributed by atoms with Crippen LogP contribution in [0.1, 0.15) is 110 Å². The third-order valence-corrected chi connectivity index (χ3v) is 10.7. The summed E-state index contributed by atoms with van der Waals surface area (Å²) in [5, 5.41) is 0. The first-order chi connectivity index (χ1) is 29.1. The Balaban J connectivity index is 1.65. The molecule has 3 aromatic carbocycles. The van der Waals surface area contributed by atoms with Gasteiger partial charge in [-0.25, -0.2) is 23.6 Å². The molecule has 0 bridgehead atoms. The Bertz CT molecular complexity index is 2060. The lowest BCUT2D eigenvalue weighted by molar-refractivity contribution is -0.158. The standard InChI is InChI=1S/C49H57FO11/c1-8-11-12-13-32-14-16-34(17-15-32)37-22-23-38(40(50)24-37)35-18-20-36(21-19-35)39-25-45(61-47(54)31(6)7)44(26-43(39)60-46(53)30(4)5)57-27-33(28-58-48(55)41(51)9-2)29-59-49(56)42(52)10-3/h18-26,32-34H,4,6,8-17,27-29H2,1-3,5,7H3. The van der Waals surface area contributed by atoms with E-state index in [0.717, 1.165) is 24.3 Å². The summed E-state index contributed by atoms with van der Waals surface area (Å²) < 4.78 is 43.5. The van der Waals surface area contributed by atoms with Crippen LogP contribution < -0.4 is 14.2 Å². The van der Waals surface area contributed by atoms with E-state index in [2.05, 4.69) is 20.1 Å². The molecule has 11 nitrogen and oxygen atoms in total. The van der Waals surface area contributed by atoms with Crippen molar-refractivity contribution in [3.8, 4) is 39.5 Å². The van der Waals surface area contributed by atoms with E-state index in [1.165, 1.54) is 78.4 Å². The molecule has 0 unspecified atom stereocenters. The monoisotopic (exact) mass is 840 g/mol. The third kappa shape index (κ3) is 13.8. The van der Waals surface area contributed by atoms with Gasteiger partial charge in [0.15, 0.2) is 11.5 Å². The number of hydrogen-bond acceptors (Lipinski definition) is 11. The molecule has 1 saturated carbocycles. The smallest absolute Gasteiger partial charge is 0.374 e. The zero-order valence-electron chi connectivity index (χ0n) is 35.9.